The second-order valence-corrected chi connectivity index (χ2v) is 7.40. The van der Waals surface area contributed by atoms with Crippen molar-refractivity contribution in [1.29, 1.82) is 0 Å². The van der Waals surface area contributed by atoms with Crippen molar-refractivity contribution >= 4 is 27.7 Å². The summed E-state index contributed by atoms with van der Waals surface area (Å²) in [5, 5.41) is 2.70. The van der Waals surface area contributed by atoms with Gasteiger partial charge in [-0.15, -0.1) is 0 Å². The van der Waals surface area contributed by atoms with E-state index in [9.17, 15) is 13.2 Å². The number of nitrogens with one attached hydrogen (secondary N) is 2. The Hall–Kier alpha value is -2.44. The average molecular weight is 358 g/mol. The molecule has 0 spiro atoms. The molecule has 0 aliphatic heterocycles. The number of carbonyl (C=O) groups is 1. The predicted octanol–water partition coefficient (Wildman–Crippen LogP) is 3.42. The number of benzene rings is 2. The lowest BCUT2D eigenvalue weighted by Crippen LogP contribution is -2.31. The first-order valence-corrected chi connectivity index (χ1v) is 9.55. The molecule has 0 aliphatic rings. The normalized spacial score (nSPS) is 12.9. The third-order valence-corrected chi connectivity index (χ3v) is 5.23. The van der Waals surface area contributed by atoms with Crippen LogP contribution in [0, 0.1) is 0 Å². The zero-order chi connectivity index (χ0) is 18.3. The second kappa shape index (κ2) is 8.60. The molecule has 0 fully saturated rings. The molecule has 2 N–H and O–H groups in total. The summed E-state index contributed by atoms with van der Waals surface area (Å²) in [6.45, 7) is 3.72. The molecule has 25 heavy (non-hydrogen) atoms. The number of hydrogen-bond acceptors (Lipinski definition) is 3. The first-order chi connectivity index (χ1) is 11.9. The molecule has 0 radical (unpaired) electrons. The summed E-state index contributed by atoms with van der Waals surface area (Å²) in [4.78, 5) is 12.1. The fourth-order valence-electron chi connectivity index (χ4n) is 2.05. The molecule has 1 amide bonds. The van der Waals surface area contributed by atoms with Crippen LogP contribution in [0.3, 0.4) is 0 Å². The lowest BCUT2D eigenvalue weighted by atomic mass is 10.2. The predicted molar refractivity (Wildman–Crippen MR) is 101 cm³/mol. The van der Waals surface area contributed by atoms with E-state index in [0.29, 0.717) is 12.1 Å². The highest BCUT2D eigenvalue weighted by Crippen LogP contribution is 2.15. The van der Waals surface area contributed by atoms with Crippen molar-refractivity contribution in [3.8, 4) is 0 Å². The van der Waals surface area contributed by atoms with Crippen LogP contribution in [0.2, 0.25) is 0 Å². The topological polar surface area (TPSA) is 75.3 Å². The smallest absolute Gasteiger partial charge is 0.248 e. The highest BCUT2D eigenvalue weighted by atomic mass is 32.2. The molecule has 2 aromatic rings. The summed E-state index contributed by atoms with van der Waals surface area (Å²) in [7, 11) is -3.54. The molecule has 0 aliphatic carbocycles. The van der Waals surface area contributed by atoms with Gasteiger partial charge in [-0.25, -0.2) is 13.1 Å². The quantitative estimate of drug-likeness (QED) is 0.745. The van der Waals surface area contributed by atoms with E-state index in [1.165, 1.54) is 18.2 Å². The van der Waals surface area contributed by atoms with Crippen LogP contribution in [0.1, 0.15) is 25.8 Å². The molecule has 0 saturated carbocycles. The molecule has 2 aromatic carbocycles. The Morgan fingerprint density at radius 1 is 1.08 bits per heavy atom. The third kappa shape index (κ3) is 5.85. The van der Waals surface area contributed by atoms with E-state index in [1.807, 2.05) is 44.2 Å². The minimum absolute atomic E-state index is 0.132. The minimum atomic E-state index is -3.54. The zero-order valence-electron chi connectivity index (χ0n) is 14.3. The second-order valence-electron chi connectivity index (χ2n) is 5.69. The van der Waals surface area contributed by atoms with E-state index in [0.717, 1.165) is 5.56 Å². The summed E-state index contributed by atoms with van der Waals surface area (Å²) in [5.74, 6) is -0.280. The van der Waals surface area contributed by atoms with Crippen LogP contribution in [-0.4, -0.2) is 20.4 Å². The molecule has 0 unspecified atom stereocenters. The lowest BCUT2D eigenvalue weighted by molar-refractivity contribution is -0.111. The van der Waals surface area contributed by atoms with Crippen LogP contribution in [0.25, 0.3) is 6.08 Å². The molecule has 0 saturated heterocycles. The molecule has 0 heterocycles. The van der Waals surface area contributed by atoms with Crippen LogP contribution in [0.15, 0.2) is 65.6 Å². The molecule has 1 atom stereocenters. The molecule has 0 aromatic heterocycles. The van der Waals surface area contributed by atoms with Gasteiger partial charge in [0, 0.05) is 17.8 Å². The van der Waals surface area contributed by atoms with Crippen LogP contribution >= 0.6 is 0 Å². The number of amides is 1. The lowest BCUT2D eigenvalue weighted by Gasteiger charge is -2.12. The molecular formula is C19H22N2O3S. The van der Waals surface area contributed by atoms with Gasteiger partial charge in [-0.3, -0.25) is 4.79 Å². The van der Waals surface area contributed by atoms with E-state index in [2.05, 4.69) is 10.0 Å². The highest BCUT2D eigenvalue weighted by molar-refractivity contribution is 7.89. The van der Waals surface area contributed by atoms with E-state index in [1.54, 1.807) is 18.2 Å². The van der Waals surface area contributed by atoms with Crippen molar-refractivity contribution < 1.29 is 13.2 Å². The molecule has 132 valence electrons. The van der Waals surface area contributed by atoms with Crippen molar-refractivity contribution in [2.24, 2.45) is 0 Å². The van der Waals surface area contributed by atoms with Crippen molar-refractivity contribution in [2.45, 2.75) is 31.2 Å². The van der Waals surface area contributed by atoms with Gasteiger partial charge in [0.05, 0.1) is 4.90 Å². The summed E-state index contributed by atoms with van der Waals surface area (Å²) >= 11 is 0. The Kier molecular flexibility index (Phi) is 6.50. The first-order valence-electron chi connectivity index (χ1n) is 8.07. The minimum Gasteiger partial charge on any atom is -0.323 e. The van der Waals surface area contributed by atoms with Crippen molar-refractivity contribution in [2.75, 3.05) is 5.32 Å². The van der Waals surface area contributed by atoms with Crippen molar-refractivity contribution in [1.82, 2.24) is 4.72 Å². The summed E-state index contributed by atoms with van der Waals surface area (Å²) in [6.07, 6.45) is 3.86. The molecule has 2 rings (SSSR count). The summed E-state index contributed by atoms with van der Waals surface area (Å²) in [5.41, 5.74) is 1.46. The maximum absolute atomic E-state index is 12.2. The number of rotatable bonds is 7. The molecule has 6 heteroatoms. The first kappa shape index (κ1) is 18.9. The van der Waals surface area contributed by atoms with Gasteiger partial charge in [0.25, 0.3) is 0 Å². The Labute approximate surface area is 148 Å². The van der Waals surface area contributed by atoms with Gasteiger partial charge in [-0.2, -0.15) is 0 Å². The Bertz CT molecular complexity index is 829. The van der Waals surface area contributed by atoms with Gasteiger partial charge < -0.3 is 5.32 Å². The van der Waals surface area contributed by atoms with Gasteiger partial charge >= 0.3 is 0 Å². The molecule has 0 bridgehead atoms. The SMILES string of the molecule is CC[C@@H](C)NS(=O)(=O)c1ccc(NC(=O)/C=C/c2ccccc2)cc1. The Morgan fingerprint density at radius 3 is 2.32 bits per heavy atom. The zero-order valence-corrected chi connectivity index (χ0v) is 15.1. The standard InChI is InChI=1S/C19H22N2O3S/c1-3-15(2)21-25(23,24)18-12-10-17(11-13-18)20-19(22)14-9-16-7-5-4-6-8-16/h4-15,21H,3H2,1-2H3,(H,20,22)/b14-9+/t15-/m1/s1. The van der Waals surface area contributed by atoms with E-state index < -0.39 is 10.0 Å². The number of carbonyl (C=O) groups excluding carboxylic acids is 1. The van der Waals surface area contributed by atoms with Crippen LogP contribution < -0.4 is 10.0 Å². The maximum Gasteiger partial charge on any atom is 0.248 e. The monoisotopic (exact) mass is 358 g/mol. The largest absolute Gasteiger partial charge is 0.323 e. The number of hydrogen-bond donors (Lipinski definition) is 2. The third-order valence-electron chi connectivity index (χ3n) is 3.63. The molecule has 5 nitrogen and oxygen atoms in total. The maximum atomic E-state index is 12.2. The fraction of sp³-hybridized carbons (Fsp3) is 0.211. The van der Waals surface area contributed by atoms with Gasteiger partial charge in [0.15, 0.2) is 0 Å². The van der Waals surface area contributed by atoms with E-state index in [-0.39, 0.29) is 16.8 Å². The Morgan fingerprint density at radius 2 is 1.72 bits per heavy atom. The summed E-state index contributed by atoms with van der Waals surface area (Å²) < 4.78 is 27.0. The van der Waals surface area contributed by atoms with Gasteiger partial charge in [0.2, 0.25) is 15.9 Å². The van der Waals surface area contributed by atoms with Crippen LogP contribution in [-0.2, 0) is 14.8 Å². The van der Waals surface area contributed by atoms with Crippen LogP contribution in [0.4, 0.5) is 5.69 Å². The van der Waals surface area contributed by atoms with Gasteiger partial charge in [-0.1, -0.05) is 37.3 Å². The van der Waals surface area contributed by atoms with E-state index in [4.69, 9.17) is 0 Å². The Balaban J connectivity index is 2.00. The van der Waals surface area contributed by atoms with Gasteiger partial charge in [-0.05, 0) is 49.2 Å². The van der Waals surface area contributed by atoms with Crippen molar-refractivity contribution in [3.05, 3.63) is 66.2 Å². The van der Waals surface area contributed by atoms with Crippen molar-refractivity contribution in [3.63, 3.8) is 0 Å². The summed E-state index contributed by atoms with van der Waals surface area (Å²) in [6, 6.07) is 15.4. The number of sulfonamides is 1. The highest BCUT2D eigenvalue weighted by Gasteiger charge is 2.16. The van der Waals surface area contributed by atoms with Gasteiger partial charge in [0.1, 0.15) is 0 Å². The molecular weight excluding hydrogens is 336 g/mol. The van der Waals surface area contributed by atoms with Crippen LogP contribution in [0.5, 0.6) is 0 Å². The van der Waals surface area contributed by atoms with E-state index >= 15 is 0 Å². The fourth-order valence-corrected chi connectivity index (χ4v) is 3.38. The average Bonchev–Trinajstić information content (AvgIpc) is 2.61. The number of anilines is 1.